The number of nitrogens with one attached hydrogen (secondary N) is 2. The molecular formula is C23H34N6O3. The first kappa shape index (κ1) is 22.7. The summed E-state index contributed by atoms with van der Waals surface area (Å²) in [4.78, 5) is 8.92. The lowest BCUT2D eigenvalue weighted by Gasteiger charge is -2.25. The van der Waals surface area contributed by atoms with Gasteiger partial charge in [0.15, 0.2) is 11.8 Å². The van der Waals surface area contributed by atoms with Crippen LogP contribution in [0.4, 0.5) is 0 Å². The van der Waals surface area contributed by atoms with E-state index in [0.29, 0.717) is 25.9 Å². The SMILES string of the molecule is CN=C(NCc1ccc(COC2CCOCC2)cc1)NC1CCc2nc(COC)nn2C1. The maximum atomic E-state index is 6.01. The van der Waals surface area contributed by atoms with E-state index in [1.165, 1.54) is 11.1 Å². The van der Waals surface area contributed by atoms with E-state index in [9.17, 15) is 0 Å². The maximum absolute atomic E-state index is 6.01. The molecule has 2 aromatic rings. The number of nitrogens with zero attached hydrogens (tertiary/aromatic N) is 4. The minimum absolute atomic E-state index is 0.260. The Balaban J connectivity index is 1.22. The van der Waals surface area contributed by atoms with Gasteiger partial charge in [0, 0.05) is 46.4 Å². The predicted octanol–water partition coefficient (Wildman–Crippen LogP) is 1.80. The molecule has 0 aliphatic carbocycles. The molecule has 2 aliphatic rings. The smallest absolute Gasteiger partial charge is 0.191 e. The molecule has 1 fully saturated rings. The van der Waals surface area contributed by atoms with Gasteiger partial charge in [-0.3, -0.25) is 4.99 Å². The number of fused-ring (bicyclic) bond motifs is 1. The highest BCUT2D eigenvalue weighted by Gasteiger charge is 2.22. The number of benzene rings is 1. The first-order chi connectivity index (χ1) is 15.7. The molecule has 1 aromatic heterocycles. The van der Waals surface area contributed by atoms with Crippen molar-refractivity contribution in [3.8, 4) is 0 Å². The highest BCUT2D eigenvalue weighted by atomic mass is 16.5. The summed E-state index contributed by atoms with van der Waals surface area (Å²) in [6.45, 7) is 4.19. The summed E-state index contributed by atoms with van der Waals surface area (Å²) in [6.07, 6.45) is 4.18. The second-order valence-corrected chi connectivity index (χ2v) is 8.30. The van der Waals surface area contributed by atoms with Crippen LogP contribution >= 0.6 is 0 Å². The molecule has 0 bridgehead atoms. The van der Waals surface area contributed by atoms with Gasteiger partial charge in [-0.1, -0.05) is 24.3 Å². The maximum Gasteiger partial charge on any atom is 0.191 e. The zero-order valence-electron chi connectivity index (χ0n) is 19.0. The molecular weight excluding hydrogens is 408 g/mol. The van der Waals surface area contributed by atoms with Crippen LogP contribution in [0.2, 0.25) is 0 Å². The van der Waals surface area contributed by atoms with Crippen molar-refractivity contribution in [1.82, 2.24) is 25.4 Å². The van der Waals surface area contributed by atoms with Crippen LogP contribution in [0.25, 0.3) is 0 Å². The average Bonchev–Trinajstić information content (AvgIpc) is 3.23. The molecule has 174 valence electrons. The molecule has 9 heteroatoms. The van der Waals surface area contributed by atoms with Gasteiger partial charge in [-0.15, -0.1) is 0 Å². The molecule has 1 unspecified atom stereocenters. The van der Waals surface area contributed by atoms with E-state index >= 15 is 0 Å². The number of guanidine groups is 1. The summed E-state index contributed by atoms with van der Waals surface area (Å²) in [5.41, 5.74) is 2.40. The highest BCUT2D eigenvalue weighted by molar-refractivity contribution is 5.79. The summed E-state index contributed by atoms with van der Waals surface area (Å²) in [5.74, 6) is 2.56. The molecule has 0 saturated carbocycles. The van der Waals surface area contributed by atoms with E-state index < -0.39 is 0 Å². The Morgan fingerprint density at radius 3 is 2.69 bits per heavy atom. The Hall–Kier alpha value is -2.49. The number of hydrogen-bond donors (Lipinski definition) is 2. The first-order valence-electron chi connectivity index (χ1n) is 11.4. The fraction of sp³-hybridized carbons (Fsp3) is 0.609. The molecule has 2 N–H and O–H groups in total. The molecule has 32 heavy (non-hydrogen) atoms. The summed E-state index contributed by atoms with van der Waals surface area (Å²) >= 11 is 0. The Bertz CT molecular complexity index is 876. The fourth-order valence-corrected chi connectivity index (χ4v) is 4.05. The van der Waals surface area contributed by atoms with Crippen molar-refractivity contribution in [2.75, 3.05) is 27.4 Å². The lowest BCUT2D eigenvalue weighted by atomic mass is 10.1. The molecule has 1 aromatic carbocycles. The molecule has 0 radical (unpaired) electrons. The Morgan fingerprint density at radius 1 is 1.16 bits per heavy atom. The Labute approximate surface area is 189 Å². The molecule has 1 saturated heterocycles. The van der Waals surface area contributed by atoms with E-state index in [4.69, 9.17) is 14.2 Å². The van der Waals surface area contributed by atoms with Crippen LogP contribution in [0.1, 0.15) is 42.0 Å². The van der Waals surface area contributed by atoms with Gasteiger partial charge in [0.05, 0.1) is 19.3 Å². The van der Waals surface area contributed by atoms with Crippen LogP contribution in [-0.4, -0.2) is 60.2 Å². The molecule has 0 amide bonds. The minimum atomic E-state index is 0.260. The van der Waals surface area contributed by atoms with Gasteiger partial charge in [-0.2, -0.15) is 5.10 Å². The van der Waals surface area contributed by atoms with E-state index in [0.717, 1.165) is 63.1 Å². The van der Waals surface area contributed by atoms with Gasteiger partial charge in [-0.05, 0) is 30.4 Å². The second-order valence-electron chi connectivity index (χ2n) is 8.30. The summed E-state index contributed by atoms with van der Waals surface area (Å²) in [5, 5.41) is 11.5. The summed E-state index contributed by atoms with van der Waals surface area (Å²) in [7, 11) is 3.46. The number of aliphatic imine (C=N–C) groups is 1. The van der Waals surface area contributed by atoms with Crippen molar-refractivity contribution in [2.24, 2.45) is 4.99 Å². The number of ether oxygens (including phenoxy) is 3. The standard InChI is InChI=1S/C23H34N6O3/c1-24-23(26-19-7-8-22-27-21(16-30-2)28-29(22)14-19)25-13-17-3-5-18(6-4-17)15-32-20-9-11-31-12-10-20/h3-6,19-20H,7-16H2,1-2H3,(H2,24,25,26). The molecule has 3 heterocycles. The number of methoxy groups -OCH3 is 1. The Kier molecular flexibility index (Phi) is 8.08. The largest absolute Gasteiger partial charge is 0.381 e. The van der Waals surface area contributed by atoms with Crippen LogP contribution in [0.15, 0.2) is 29.3 Å². The first-order valence-corrected chi connectivity index (χ1v) is 11.4. The van der Waals surface area contributed by atoms with Crippen LogP contribution in [0.5, 0.6) is 0 Å². The summed E-state index contributed by atoms with van der Waals surface area (Å²) < 4.78 is 18.5. The van der Waals surface area contributed by atoms with E-state index in [1.54, 1.807) is 14.2 Å². The van der Waals surface area contributed by atoms with Crippen LogP contribution < -0.4 is 10.6 Å². The third-order valence-corrected chi connectivity index (χ3v) is 5.88. The van der Waals surface area contributed by atoms with Gasteiger partial charge in [0.2, 0.25) is 0 Å². The molecule has 0 spiro atoms. The zero-order valence-corrected chi connectivity index (χ0v) is 19.0. The molecule has 9 nitrogen and oxygen atoms in total. The van der Waals surface area contributed by atoms with Crippen LogP contribution in [0, 0.1) is 0 Å². The van der Waals surface area contributed by atoms with Crippen molar-refractivity contribution in [3.05, 3.63) is 47.0 Å². The summed E-state index contributed by atoms with van der Waals surface area (Å²) in [6, 6.07) is 8.82. The fourth-order valence-electron chi connectivity index (χ4n) is 4.05. The van der Waals surface area contributed by atoms with Gasteiger partial charge in [0.25, 0.3) is 0 Å². The normalized spacial score (nSPS) is 19.6. The van der Waals surface area contributed by atoms with Crippen molar-refractivity contribution in [1.29, 1.82) is 0 Å². The van der Waals surface area contributed by atoms with Crippen molar-refractivity contribution in [3.63, 3.8) is 0 Å². The quantitative estimate of drug-likeness (QED) is 0.475. The predicted molar refractivity (Wildman–Crippen MR) is 121 cm³/mol. The van der Waals surface area contributed by atoms with Crippen molar-refractivity contribution in [2.45, 2.75) is 64.1 Å². The average molecular weight is 443 g/mol. The van der Waals surface area contributed by atoms with E-state index in [2.05, 4.69) is 50.0 Å². The number of aryl methyl sites for hydroxylation is 1. The van der Waals surface area contributed by atoms with Crippen LogP contribution in [-0.2, 0) is 46.9 Å². The number of hydrogen-bond acceptors (Lipinski definition) is 6. The van der Waals surface area contributed by atoms with Gasteiger partial charge < -0.3 is 24.8 Å². The third-order valence-electron chi connectivity index (χ3n) is 5.88. The lowest BCUT2D eigenvalue weighted by molar-refractivity contribution is -0.0390. The number of aromatic nitrogens is 3. The zero-order chi connectivity index (χ0) is 22.2. The molecule has 2 aliphatic heterocycles. The molecule has 1 atom stereocenters. The van der Waals surface area contributed by atoms with Gasteiger partial charge >= 0.3 is 0 Å². The minimum Gasteiger partial charge on any atom is -0.381 e. The van der Waals surface area contributed by atoms with Gasteiger partial charge in [0.1, 0.15) is 12.4 Å². The highest BCUT2D eigenvalue weighted by Crippen LogP contribution is 2.15. The van der Waals surface area contributed by atoms with Crippen molar-refractivity contribution < 1.29 is 14.2 Å². The third kappa shape index (κ3) is 6.27. The lowest BCUT2D eigenvalue weighted by Crippen LogP contribution is -2.46. The van der Waals surface area contributed by atoms with Gasteiger partial charge in [-0.25, -0.2) is 9.67 Å². The Morgan fingerprint density at radius 2 is 1.94 bits per heavy atom. The van der Waals surface area contributed by atoms with E-state index in [-0.39, 0.29) is 6.04 Å². The number of rotatable bonds is 8. The second kappa shape index (κ2) is 11.4. The van der Waals surface area contributed by atoms with E-state index in [1.807, 2.05) is 4.68 Å². The monoisotopic (exact) mass is 442 g/mol. The topological polar surface area (TPSA) is 94.8 Å². The van der Waals surface area contributed by atoms with Crippen molar-refractivity contribution >= 4 is 5.96 Å². The molecule has 4 rings (SSSR count). The van der Waals surface area contributed by atoms with Crippen LogP contribution in [0.3, 0.4) is 0 Å².